The van der Waals surface area contributed by atoms with Gasteiger partial charge in [0.05, 0.1) is 17.3 Å². The first kappa shape index (κ1) is 20.8. The minimum atomic E-state index is 0.0758. The normalized spacial score (nSPS) is 12.3. The number of fused-ring (bicyclic) bond motifs is 1. The highest BCUT2D eigenvalue weighted by Crippen LogP contribution is 2.26. The van der Waals surface area contributed by atoms with Crippen LogP contribution in [0, 0.1) is 5.92 Å². The number of carbonyl (C=O) groups excluding carboxylic acids is 1. The summed E-state index contributed by atoms with van der Waals surface area (Å²) >= 11 is 0. The molecule has 2 heterocycles. The molecular weight excluding hydrogens is 364 g/mol. The molecule has 0 fully saturated rings. The van der Waals surface area contributed by atoms with E-state index < -0.39 is 0 Å². The largest absolute Gasteiger partial charge is 0.368 e. The highest BCUT2D eigenvalue weighted by atomic mass is 16.1. The average molecular weight is 395 g/mol. The maximum absolute atomic E-state index is 11.8. The van der Waals surface area contributed by atoms with Crippen molar-refractivity contribution >= 4 is 22.8 Å². The zero-order chi connectivity index (χ0) is 20.8. The molecule has 0 saturated carbocycles. The van der Waals surface area contributed by atoms with E-state index in [1.54, 1.807) is 6.20 Å². The number of para-hydroxylation sites is 1. The number of benzene rings is 1. The van der Waals surface area contributed by atoms with Crippen molar-refractivity contribution in [2.45, 2.75) is 46.5 Å². The van der Waals surface area contributed by atoms with E-state index in [-0.39, 0.29) is 11.8 Å². The molecule has 0 saturated heterocycles. The molecule has 7 heteroatoms. The fraction of sp³-hybridized carbons (Fsp3) is 0.455. The van der Waals surface area contributed by atoms with Crippen LogP contribution in [0.15, 0.2) is 36.5 Å². The van der Waals surface area contributed by atoms with E-state index in [0.717, 1.165) is 34.8 Å². The van der Waals surface area contributed by atoms with Gasteiger partial charge in [0.1, 0.15) is 11.6 Å². The molecule has 1 aromatic carbocycles. The third-order valence-electron chi connectivity index (χ3n) is 4.83. The topological polar surface area (TPSA) is 84.7 Å². The molecule has 7 nitrogen and oxygen atoms in total. The summed E-state index contributed by atoms with van der Waals surface area (Å²) in [5.41, 5.74) is 1.75. The highest BCUT2D eigenvalue weighted by molar-refractivity contribution is 5.87. The second-order valence-electron chi connectivity index (χ2n) is 7.74. The molecule has 0 spiro atoms. The molecule has 0 aliphatic heterocycles. The molecule has 0 bridgehead atoms. The Morgan fingerprint density at radius 2 is 1.86 bits per heavy atom. The van der Waals surface area contributed by atoms with Crippen molar-refractivity contribution in [3.8, 4) is 5.69 Å². The van der Waals surface area contributed by atoms with Crippen LogP contribution in [0.5, 0.6) is 0 Å². The Hall–Kier alpha value is -2.96. The van der Waals surface area contributed by atoms with Gasteiger partial charge >= 0.3 is 0 Å². The fourth-order valence-electron chi connectivity index (χ4n) is 3.05. The van der Waals surface area contributed by atoms with Gasteiger partial charge in [0, 0.05) is 25.4 Å². The minimum Gasteiger partial charge on any atom is -0.368 e. The quantitative estimate of drug-likeness (QED) is 0.538. The zero-order valence-electron chi connectivity index (χ0n) is 17.6. The lowest BCUT2D eigenvalue weighted by atomic mass is 10.1. The predicted octanol–water partition coefficient (Wildman–Crippen LogP) is 3.90. The van der Waals surface area contributed by atoms with Gasteiger partial charge in [-0.2, -0.15) is 5.10 Å². The Kier molecular flexibility index (Phi) is 6.80. The molecule has 0 radical (unpaired) electrons. The maximum atomic E-state index is 11.8. The summed E-state index contributed by atoms with van der Waals surface area (Å²) < 4.78 is 1.85. The monoisotopic (exact) mass is 394 g/mol. The highest BCUT2D eigenvalue weighted by Gasteiger charge is 2.16. The van der Waals surface area contributed by atoms with Gasteiger partial charge in [0.2, 0.25) is 5.91 Å². The molecule has 3 rings (SSSR count). The number of aromatic nitrogens is 4. The lowest BCUT2D eigenvalue weighted by molar-refractivity contribution is -0.121. The van der Waals surface area contributed by atoms with Gasteiger partial charge in [-0.1, -0.05) is 45.9 Å². The van der Waals surface area contributed by atoms with Crippen molar-refractivity contribution in [3.05, 3.63) is 42.4 Å². The van der Waals surface area contributed by atoms with Crippen molar-refractivity contribution in [2.24, 2.45) is 5.92 Å². The van der Waals surface area contributed by atoms with Crippen molar-refractivity contribution in [3.63, 3.8) is 0 Å². The Morgan fingerprint density at radius 3 is 2.55 bits per heavy atom. The number of amides is 1. The smallest absolute Gasteiger partial charge is 0.220 e. The maximum Gasteiger partial charge on any atom is 0.220 e. The average Bonchev–Trinajstić information content (AvgIpc) is 3.14. The third-order valence-corrected chi connectivity index (χ3v) is 4.83. The molecule has 1 amide bonds. The van der Waals surface area contributed by atoms with Gasteiger partial charge in [0.15, 0.2) is 5.65 Å². The van der Waals surface area contributed by atoms with Gasteiger partial charge in [-0.05, 0) is 24.5 Å². The lowest BCUT2D eigenvalue weighted by Crippen LogP contribution is -2.29. The van der Waals surface area contributed by atoms with Crippen molar-refractivity contribution < 1.29 is 4.79 Å². The zero-order valence-corrected chi connectivity index (χ0v) is 17.6. The van der Waals surface area contributed by atoms with Crippen LogP contribution in [0.1, 0.15) is 52.3 Å². The van der Waals surface area contributed by atoms with E-state index in [4.69, 9.17) is 9.97 Å². The molecule has 29 heavy (non-hydrogen) atoms. The van der Waals surface area contributed by atoms with E-state index in [1.807, 2.05) is 48.9 Å². The molecule has 0 aliphatic carbocycles. The second-order valence-corrected chi connectivity index (χ2v) is 7.74. The molecule has 154 valence electrons. The van der Waals surface area contributed by atoms with Crippen LogP contribution in [0.4, 0.5) is 5.82 Å². The summed E-state index contributed by atoms with van der Waals surface area (Å²) in [5.74, 6) is 2.22. The Balaban J connectivity index is 1.84. The van der Waals surface area contributed by atoms with Crippen LogP contribution >= 0.6 is 0 Å². The first-order valence-corrected chi connectivity index (χ1v) is 10.3. The summed E-state index contributed by atoms with van der Waals surface area (Å²) in [7, 11) is 0. The van der Waals surface area contributed by atoms with Crippen LogP contribution in [0.25, 0.3) is 16.7 Å². The molecule has 2 aromatic heterocycles. The van der Waals surface area contributed by atoms with Gasteiger partial charge in [-0.15, -0.1) is 0 Å². The fourth-order valence-corrected chi connectivity index (χ4v) is 3.05. The minimum absolute atomic E-state index is 0.0758. The van der Waals surface area contributed by atoms with Crippen molar-refractivity contribution in [2.75, 3.05) is 18.4 Å². The van der Waals surface area contributed by atoms with Crippen LogP contribution in [0.2, 0.25) is 0 Å². The number of nitrogens with one attached hydrogen (secondary N) is 2. The van der Waals surface area contributed by atoms with Crippen LogP contribution < -0.4 is 10.6 Å². The Morgan fingerprint density at radius 1 is 1.10 bits per heavy atom. The summed E-state index contributed by atoms with van der Waals surface area (Å²) in [4.78, 5) is 21.4. The first-order valence-electron chi connectivity index (χ1n) is 10.3. The van der Waals surface area contributed by atoms with Crippen LogP contribution in [-0.4, -0.2) is 38.7 Å². The van der Waals surface area contributed by atoms with Crippen molar-refractivity contribution in [1.82, 2.24) is 25.1 Å². The number of carbonyl (C=O) groups is 1. The SMILES string of the molecule is CCC(C)c1nc(NCCNC(=O)CC(C)C)c2cnn(-c3ccccc3)c2n1. The third kappa shape index (κ3) is 5.10. The van der Waals surface area contributed by atoms with E-state index in [9.17, 15) is 4.79 Å². The van der Waals surface area contributed by atoms with E-state index >= 15 is 0 Å². The summed E-state index contributed by atoms with van der Waals surface area (Å²) in [6, 6.07) is 9.97. The summed E-state index contributed by atoms with van der Waals surface area (Å²) in [6.45, 7) is 9.46. The predicted molar refractivity (Wildman–Crippen MR) is 116 cm³/mol. The van der Waals surface area contributed by atoms with E-state index in [2.05, 4.69) is 29.6 Å². The molecule has 0 aliphatic rings. The van der Waals surface area contributed by atoms with Crippen LogP contribution in [0.3, 0.4) is 0 Å². The van der Waals surface area contributed by atoms with Crippen molar-refractivity contribution in [1.29, 1.82) is 0 Å². The summed E-state index contributed by atoms with van der Waals surface area (Å²) in [6.07, 6.45) is 3.29. The standard InChI is InChI=1S/C22H30N6O/c1-5-16(4)20-26-21(24-12-11-23-19(29)13-15(2)3)18-14-25-28(22(18)27-20)17-9-7-6-8-10-17/h6-10,14-16H,5,11-13H2,1-4H3,(H,23,29)(H,24,26,27). The van der Waals surface area contributed by atoms with Crippen LogP contribution in [-0.2, 0) is 4.79 Å². The molecule has 1 atom stereocenters. The molecular formula is C22H30N6O. The first-order chi connectivity index (χ1) is 14.0. The van der Waals surface area contributed by atoms with Gasteiger partial charge in [-0.25, -0.2) is 14.6 Å². The Bertz CT molecular complexity index is 951. The Labute approximate surface area is 171 Å². The summed E-state index contributed by atoms with van der Waals surface area (Å²) in [5, 5.41) is 11.7. The number of hydrogen-bond acceptors (Lipinski definition) is 5. The number of rotatable bonds is 9. The van der Waals surface area contributed by atoms with E-state index in [0.29, 0.717) is 25.4 Å². The number of hydrogen-bond donors (Lipinski definition) is 2. The molecule has 3 aromatic rings. The number of nitrogens with zero attached hydrogens (tertiary/aromatic N) is 4. The van der Waals surface area contributed by atoms with E-state index in [1.165, 1.54) is 0 Å². The van der Waals surface area contributed by atoms with Gasteiger partial charge < -0.3 is 10.6 Å². The molecule has 2 N–H and O–H groups in total. The van der Waals surface area contributed by atoms with Gasteiger partial charge in [-0.3, -0.25) is 4.79 Å². The number of anilines is 1. The van der Waals surface area contributed by atoms with Gasteiger partial charge in [0.25, 0.3) is 0 Å². The second kappa shape index (κ2) is 9.49. The molecule has 1 unspecified atom stereocenters. The lowest BCUT2D eigenvalue weighted by Gasteiger charge is -2.13.